The Balaban J connectivity index is 1.80. The number of benzene rings is 2. The predicted octanol–water partition coefficient (Wildman–Crippen LogP) is 5.60. The van der Waals surface area contributed by atoms with Crippen LogP contribution in [-0.2, 0) is 4.43 Å². The lowest BCUT2D eigenvalue weighted by molar-refractivity contribution is 0.118. The zero-order valence-electron chi connectivity index (χ0n) is 16.4. The molecule has 0 bridgehead atoms. The van der Waals surface area contributed by atoms with Crippen molar-refractivity contribution in [3.05, 3.63) is 78.9 Å². The Bertz CT molecular complexity index is 774. The Kier molecular flexibility index (Phi) is 7.09. The Labute approximate surface area is 165 Å². The van der Waals surface area contributed by atoms with Crippen molar-refractivity contribution >= 4 is 13.5 Å². The maximum Gasteiger partial charge on any atom is 0.301 e. The maximum atomic E-state index is 6.84. The number of allylic oxidation sites excluding steroid dienone is 1. The molecular formula is C25H30OSi. The van der Waals surface area contributed by atoms with Gasteiger partial charge in [-0.2, -0.15) is 0 Å². The van der Waals surface area contributed by atoms with E-state index in [9.17, 15) is 0 Å². The molecule has 0 aromatic heterocycles. The molecule has 2 heteroatoms. The lowest BCUT2D eigenvalue weighted by Crippen LogP contribution is -2.50. The molecule has 0 radical (unpaired) electrons. The van der Waals surface area contributed by atoms with Gasteiger partial charge in [-0.3, -0.25) is 0 Å². The molecule has 0 N–H and O–H groups in total. The summed E-state index contributed by atoms with van der Waals surface area (Å²) in [6, 6.07) is 20.9. The van der Waals surface area contributed by atoms with E-state index in [1.807, 2.05) is 24.3 Å². The fourth-order valence-electron chi connectivity index (χ4n) is 3.94. The molecule has 1 saturated carbocycles. The molecule has 2 aromatic carbocycles. The van der Waals surface area contributed by atoms with Crippen LogP contribution in [0.5, 0.6) is 0 Å². The van der Waals surface area contributed by atoms with Crippen molar-refractivity contribution in [2.45, 2.75) is 51.2 Å². The zero-order valence-corrected chi connectivity index (χ0v) is 17.4. The first-order valence-electron chi connectivity index (χ1n) is 10.1. The zero-order chi connectivity index (χ0) is 19.0. The summed E-state index contributed by atoms with van der Waals surface area (Å²) < 4.78 is 6.84. The minimum atomic E-state index is -2.34. The van der Waals surface area contributed by atoms with Gasteiger partial charge >= 0.3 is 8.32 Å². The van der Waals surface area contributed by atoms with Gasteiger partial charge in [-0.15, -0.1) is 6.58 Å². The van der Waals surface area contributed by atoms with Crippen molar-refractivity contribution < 1.29 is 4.43 Å². The monoisotopic (exact) mass is 374 g/mol. The van der Waals surface area contributed by atoms with Crippen molar-refractivity contribution in [3.8, 4) is 11.5 Å². The molecule has 1 aliphatic rings. The lowest BCUT2D eigenvalue weighted by atomic mass is 9.84. The highest BCUT2D eigenvalue weighted by Gasteiger charge is 2.35. The molecule has 3 rings (SSSR count). The molecule has 1 aliphatic carbocycles. The summed E-state index contributed by atoms with van der Waals surface area (Å²) in [5, 5.41) is 1.27. The molecule has 0 amide bonds. The van der Waals surface area contributed by atoms with Gasteiger partial charge in [0.05, 0.1) is 0 Å². The average molecular weight is 375 g/mol. The van der Waals surface area contributed by atoms with Crippen LogP contribution in [0.2, 0.25) is 6.55 Å². The van der Waals surface area contributed by atoms with Gasteiger partial charge in [-0.25, -0.2) is 0 Å². The van der Waals surface area contributed by atoms with E-state index >= 15 is 0 Å². The molecule has 0 heterocycles. The third kappa shape index (κ3) is 5.69. The molecule has 3 unspecified atom stereocenters. The van der Waals surface area contributed by atoms with Crippen LogP contribution in [0.1, 0.15) is 44.1 Å². The van der Waals surface area contributed by atoms with E-state index in [4.69, 9.17) is 4.43 Å². The molecule has 1 fully saturated rings. The summed E-state index contributed by atoms with van der Waals surface area (Å²) in [6.07, 6.45) is 9.63. The van der Waals surface area contributed by atoms with Crippen molar-refractivity contribution in [3.63, 3.8) is 0 Å². The second-order valence-corrected chi connectivity index (χ2v) is 10.8. The fraction of sp³-hybridized carbons (Fsp3) is 0.360. The Morgan fingerprint density at radius 3 is 2.48 bits per heavy atom. The van der Waals surface area contributed by atoms with Crippen molar-refractivity contribution in [1.82, 2.24) is 0 Å². The van der Waals surface area contributed by atoms with E-state index in [2.05, 4.69) is 67.1 Å². The van der Waals surface area contributed by atoms with Crippen LogP contribution in [0.4, 0.5) is 0 Å². The summed E-state index contributed by atoms with van der Waals surface area (Å²) in [5.74, 6) is 4.15. The first-order chi connectivity index (χ1) is 13.2. The lowest BCUT2D eigenvalue weighted by Gasteiger charge is -2.34. The second kappa shape index (κ2) is 9.74. The highest BCUT2D eigenvalue weighted by molar-refractivity contribution is 6.92. The standard InChI is InChI=1S/C25H30OSi/c1-3-4-12-23-15-11-16-24(21-23)26-27(2,25-17-9-6-10-18-25)20-19-22-13-7-5-8-14-22/h3,5-10,13-14,17-18,23-24H,1,4,11-12,15-16,21H2,2H3. The van der Waals surface area contributed by atoms with Crippen LogP contribution in [0.3, 0.4) is 0 Å². The Morgan fingerprint density at radius 1 is 1.07 bits per heavy atom. The first kappa shape index (κ1) is 19.7. The summed E-state index contributed by atoms with van der Waals surface area (Å²) in [5.41, 5.74) is 4.64. The third-order valence-corrected chi connectivity index (χ3v) is 8.30. The van der Waals surface area contributed by atoms with E-state index in [1.165, 1.54) is 24.4 Å². The van der Waals surface area contributed by atoms with Crippen LogP contribution in [-0.4, -0.2) is 14.4 Å². The van der Waals surface area contributed by atoms with Crippen LogP contribution in [0.25, 0.3) is 0 Å². The maximum absolute atomic E-state index is 6.84. The van der Waals surface area contributed by atoms with Gasteiger partial charge in [0.2, 0.25) is 0 Å². The molecule has 2 aromatic rings. The minimum absolute atomic E-state index is 0.329. The van der Waals surface area contributed by atoms with Crippen molar-refractivity contribution in [1.29, 1.82) is 0 Å². The normalized spacial score (nSPS) is 21.5. The van der Waals surface area contributed by atoms with Gasteiger partial charge in [0, 0.05) is 11.7 Å². The molecular weight excluding hydrogens is 344 g/mol. The predicted molar refractivity (Wildman–Crippen MR) is 117 cm³/mol. The van der Waals surface area contributed by atoms with Gasteiger partial charge in [0.1, 0.15) is 0 Å². The van der Waals surface area contributed by atoms with Gasteiger partial charge < -0.3 is 4.43 Å². The van der Waals surface area contributed by atoms with E-state index < -0.39 is 8.32 Å². The summed E-state index contributed by atoms with van der Waals surface area (Å²) >= 11 is 0. The Morgan fingerprint density at radius 2 is 1.78 bits per heavy atom. The topological polar surface area (TPSA) is 9.23 Å². The molecule has 3 atom stereocenters. The van der Waals surface area contributed by atoms with Crippen LogP contribution in [0, 0.1) is 17.4 Å². The van der Waals surface area contributed by atoms with Crippen LogP contribution in [0.15, 0.2) is 73.3 Å². The molecule has 0 spiro atoms. The van der Waals surface area contributed by atoms with Gasteiger partial charge in [-0.1, -0.05) is 78.9 Å². The molecule has 0 saturated heterocycles. The second-order valence-electron chi connectivity index (χ2n) is 7.65. The van der Waals surface area contributed by atoms with E-state index in [0.717, 1.165) is 30.7 Å². The van der Waals surface area contributed by atoms with Gasteiger partial charge in [-0.05, 0) is 55.5 Å². The quantitative estimate of drug-likeness (QED) is 0.363. The highest BCUT2D eigenvalue weighted by Crippen LogP contribution is 2.31. The van der Waals surface area contributed by atoms with Gasteiger partial charge in [0.15, 0.2) is 0 Å². The molecule has 140 valence electrons. The summed E-state index contributed by atoms with van der Waals surface area (Å²) in [6.45, 7) is 6.13. The third-order valence-electron chi connectivity index (χ3n) is 5.46. The molecule has 1 nitrogen and oxygen atoms in total. The van der Waals surface area contributed by atoms with Crippen LogP contribution >= 0.6 is 0 Å². The first-order valence-corrected chi connectivity index (χ1v) is 12.5. The summed E-state index contributed by atoms with van der Waals surface area (Å²) in [7, 11) is -2.34. The molecule has 0 aliphatic heterocycles. The van der Waals surface area contributed by atoms with Crippen molar-refractivity contribution in [2.24, 2.45) is 5.92 Å². The summed E-state index contributed by atoms with van der Waals surface area (Å²) in [4.78, 5) is 0. The molecule has 27 heavy (non-hydrogen) atoms. The largest absolute Gasteiger partial charge is 0.399 e. The highest BCUT2D eigenvalue weighted by atomic mass is 28.4. The Hall–Kier alpha value is -2.08. The van der Waals surface area contributed by atoms with E-state index in [0.29, 0.717) is 6.10 Å². The van der Waals surface area contributed by atoms with Crippen LogP contribution < -0.4 is 5.19 Å². The number of rotatable bonds is 6. The van der Waals surface area contributed by atoms with Crippen molar-refractivity contribution in [2.75, 3.05) is 0 Å². The minimum Gasteiger partial charge on any atom is -0.399 e. The van der Waals surface area contributed by atoms with Gasteiger partial charge in [0.25, 0.3) is 0 Å². The van der Waals surface area contributed by atoms with E-state index in [1.54, 1.807) is 0 Å². The average Bonchev–Trinajstić information content (AvgIpc) is 2.72. The number of hydrogen-bond acceptors (Lipinski definition) is 1. The SMILES string of the molecule is C=CCCC1CCCC(O[Si](C)(C#Cc2ccccc2)c2ccccc2)C1. The fourth-order valence-corrected chi connectivity index (χ4v) is 6.37. The number of hydrogen-bond donors (Lipinski definition) is 0. The smallest absolute Gasteiger partial charge is 0.301 e. The van der Waals surface area contributed by atoms with E-state index in [-0.39, 0.29) is 0 Å².